The molecule has 118 valence electrons. The van der Waals surface area contributed by atoms with Crippen LogP contribution in [0.1, 0.15) is 53.6 Å². The van der Waals surface area contributed by atoms with E-state index in [1.165, 1.54) is 11.3 Å². The van der Waals surface area contributed by atoms with E-state index in [1.54, 1.807) is 0 Å². The third kappa shape index (κ3) is 3.89. The lowest BCUT2D eigenvalue weighted by Crippen LogP contribution is -2.41. The van der Waals surface area contributed by atoms with E-state index >= 15 is 0 Å². The van der Waals surface area contributed by atoms with Crippen molar-refractivity contribution in [3.8, 4) is 0 Å². The molecule has 1 saturated heterocycles. The van der Waals surface area contributed by atoms with Crippen molar-refractivity contribution in [3.63, 3.8) is 0 Å². The van der Waals surface area contributed by atoms with Crippen LogP contribution >= 0.6 is 0 Å². The molecule has 2 atom stereocenters. The molecule has 1 aromatic rings. The summed E-state index contributed by atoms with van der Waals surface area (Å²) in [4.78, 5) is 2.18. The van der Waals surface area contributed by atoms with Crippen LogP contribution in [0.5, 0.6) is 0 Å². The number of hydrogen-bond donors (Lipinski definition) is 0. The predicted octanol–water partition coefficient (Wildman–Crippen LogP) is 5.37. The molecule has 1 aliphatic heterocycles. The molecular formula is C18H31NOSi. The number of rotatable bonds is 4. The van der Waals surface area contributed by atoms with Crippen molar-refractivity contribution in [2.75, 3.05) is 18.0 Å². The molecule has 0 saturated carbocycles. The topological polar surface area (TPSA) is 12.5 Å². The number of nitrogens with zero attached hydrogens (tertiary/aromatic N) is 1. The van der Waals surface area contributed by atoms with Crippen molar-refractivity contribution in [1.82, 2.24) is 0 Å². The van der Waals surface area contributed by atoms with Crippen molar-refractivity contribution in [3.05, 3.63) is 29.8 Å². The van der Waals surface area contributed by atoms with Gasteiger partial charge in [-0.05, 0) is 55.6 Å². The van der Waals surface area contributed by atoms with Crippen molar-refractivity contribution < 1.29 is 5.80 Å². The molecule has 0 aromatic heterocycles. The summed E-state index contributed by atoms with van der Waals surface area (Å²) in [6, 6.07) is 8.62. The first-order valence-corrected chi connectivity index (χ1v) is 11.0. The van der Waals surface area contributed by atoms with E-state index in [2.05, 4.69) is 70.0 Å². The van der Waals surface area contributed by atoms with Gasteiger partial charge in [-0.25, -0.2) is 0 Å². The van der Waals surface area contributed by atoms with Crippen LogP contribution in [-0.4, -0.2) is 21.4 Å². The summed E-state index contributed by atoms with van der Waals surface area (Å²) < 4.78 is 14.5. The zero-order chi connectivity index (χ0) is 16.5. The standard InChI is InChI=1S/C18H31NOSi/c1-15(20-21(5,6)18(2,3)4)16-9-11-17(12-10-16)19-13-7-8-14-19/h9-12,15H,7-8,13-14H2,1-6H3/t15-/m0/s1/i13D/t13-,15+/m1. The van der Waals surface area contributed by atoms with Gasteiger partial charge in [-0.2, -0.15) is 0 Å². The van der Waals surface area contributed by atoms with Crippen LogP contribution in [0.15, 0.2) is 24.3 Å². The minimum Gasteiger partial charge on any atom is -0.410 e. The lowest BCUT2D eigenvalue weighted by molar-refractivity contribution is 0.203. The van der Waals surface area contributed by atoms with E-state index in [0.29, 0.717) is 0 Å². The van der Waals surface area contributed by atoms with E-state index in [9.17, 15) is 0 Å². The molecular weight excluding hydrogens is 274 g/mol. The third-order valence-corrected chi connectivity index (χ3v) is 9.48. The van der Waals surface area contributed by atoms with E-state index in [1.807, 2.05) is 0 Å². The highest BCUT2D eigenvalue weighted by molar-refractivity contribution is 6.74. The number of anilines is 1. The van der Waals surface area contributed by atoms with Gasteiger partial charge in [0.25, 0.3) is 0 Å². The van der Waals surface area contributed by atoms with Crippen molar-refractivity contribution in [2.24, 2.45) is 0 Å². The zero-order valence-electron chi connectivity index (χ0n) is 15.4. The zero-order valence-corrected chi connectivity index (χ0v) is 15.4. The highest BCUT2D eigenvalue weighted by atomic mass is 28.4. The van der Waals surface area contributed by atoms with Gasteiger partial charge in [0.15, 0.2) is 8.32 Å². The average Bonchev–Trinajstić information content (AvgIpc) is 2.83. The molecule has 21 heavy (non-hydrogen) atoms. The summed E-state index contributed by atoms with van der Waals surface area (Å²) in [7, 11) is -1.74. The first kappa shape index (κ1) is 15.1. The van der Waals surface area contributed by atoms with E-state index in [4.69, 9.17) is 5.80 Å². The molecule has 2 rings (SSSR count). The summed E-state index contributed by atoms with van der Waals surface area (Å²) in [5.74, 6) is 0. The first-order chi connectivity index (χ1) is 10.1. The monoisotopic (exact) mass is 306 g/mol. The maximum Gasteiger partial charge on any atom is 0.192 e. The Labute approximate surface area is 133 Å². The predicted molar refractivity (Wildman–Crippen MR) is 94.6 cm³/mol. The molecule has 1 aliphatic rings. The van der Waals surface area contributed by atoms with Crippen molar-refractivity contribution in [1.29, 1.82) is 0 Å². The van der Waals surface area contributed by atoms with E-state index < -0.39 is 8.32 Å². The van der Waals surface area contributed by atoms with Crippen LogP contribution < -0.4 is 4.90 Å². The van der Waals surface area contributed by atoms with Crippen LogP contribution in [0, 0.1) is 0 Å². The van der Waals surface area contributed by atoms with Gasteiger partial charge in [0.2, 0.25) is 0 Å². The molecule has 0 N–H and O–H groups in total. The maximum absolute atomic E-state index is 8.06. The lowest BCUT2D eigenvalue weighted by Gasteiger charge is -2.38. The minimum atomic E-state index is -1.74. The lowest BCUT2D eigenvalue weighted by atomic mass is 10.1. The second-order valence-corrected chi connectivity index (χ2v) is 12.4. The Kier molecular flexibility index (Phi) is 4.41. The second kappa shape index (κ2) is 6.13. The first-order valence-electron chi connectivity index (χ1n) is 8.66. The smallest absolute Gasteiger partial charge is 0.192 e. The number of hydrogen-bond acceptors (Lipinski definition) is 2. The largest absolute Gasteiger partial charge is 0.410 e. The Bertz CT molecular complexity index is 495. The number of benzene rings is 1. The highest BCUT2D eigenvalue weighted by Crippen LogP contribution is 2.39. The Morgan fingerprint density at radius 3 is 2.29 bits per heavy atom. The average molecular weight is 307 g/mol. The summed E-state index contributed by atoms with van der Waals surface area (Å²) in [6.45, 7) is 14.5. The van der Waals surface area contributed by atoms with Gasteiger partial charge in [-0.15, -0.1) is 0 Å². The molecule has 0 unspecified atom stereocenters. The minimum absolute atomic E-state index is 0.0771. The Hall–Kier alpha value is -0.803. The van der Waals surface area contributed by atoms with Gasteiger partial charge >= 0.3 is 0 Å². The Morgan fingerprint density at radius 2 is 1.81 bits per heavy atom. The third-order valence-electron chi connectivity index (χ3n) is 4.92. The van der Waals surface area contributed by atoms with Crippen LogP contribution in [0.3, 0.4) is 0 Å². The summed E-state index contributed by atoms with van der Waals surface area (Å²) in [5, 5.41) is 0.231. The van der Waals surface area contributed by atoms with Crippen molar-refractivity contribution in [2.45, 2.75) is 64.8 Å². The van der Waals surface area contributed by atoms with Crippen LogP contribution in [-0.2, 0) is 4.43 Å². The fraction of sp³-hybridized carbons (Fsp3) is 0.667. The fourth-order valence-electron chi connectivity index (χ4n) is 2.46. The van der Waals surface area contributed by atoms with Gasteiger partial charge in [0.05, 0.1) is 6.10 Å². The van der Waals surface area contributed by atoms with Crippen LogP contribution in [0.4, 0.5) is 5.69 Å². The Balaban J connectivity index is 2.07. The molecule has 0 aliphatic carbocycles. The molecule has 1 aromatic carbocycles. The summed E-state index contributed by atoms with van der Waals surface area (Å²) in [5.41, 5.74) is 2.40. The molecule has 0 radical (unpaired) electrons. The van der Waals surface area contributed by atoms with E-state index in [-0.39, 0.29) is 17.7 Å². The summed E-state index contributed by atoms with van der Waals surface area (Å²) in [6.07, 6.45) is 2.23. The normalized spacial score (nSPS) is 22.3. The maximum atomic E-state index is 8.06. The molecule has 3 heteroatoms. The molecule has 0 bridgehead atoms. The SMILES string of the molecule is [2H][C@@H]1CCCN1c1ccc([C@H](C)O[Si](C)(C)C(C)(C)C)cc1. The van der Waals surface area contributed by atoms with Gasteiger partial charge in [-0.1, -0.05) is 32.9 Å². The van der Waals surface area contributed by atoms with Crippen LogP contribution in [0.25, 0.3) is 0 Å². The van der Waals surface area contributed by atoms with Crippen LogP contribution in [0.2, 0.25) is 18.1 Å². The van der Waals surface area contributed by atoms with Gasteiger partial charge in [0.1, 0.15) is 0 Å². The van der Waals surface area contributed by atoms with Gasteiger partial charge in [-0.3, -0.25) is 0 Å². The quantitative estimate of drug-likeness (QED) is 0.693. The molecule has 0 spiro atoms. The van der Waals surface area contributed by atoms with Gasteiger partial charge in [0, 0.05) is 20.1 Å². The van der Waals surface area contributed by atoms with E-state index in [0.717, 1.165) is 19.4 Å². The molecule has 2 nitrogen and oxygen atoms in total. The Morgan fingerprint density at radius 1 is 1.19 bits per heavy atom. The molecule has 1 heterocycles. The second-order valence-electron chi connectivity index (χ2n) is 7.63. The molecule has 0 amide bonds. The molecule has 1 fully saturated rings. The summed E-state index contributed by atoms with van der Waals surface area (Å²) >= 11 is 0. The van der Waals surface area contributed by atoms with Gasteiger partial charge < -0.3 is 9.33 Å². The fourth-order valence-corrected chi connectivity index (χ4v) is 3.83. The van der Waals surface area contributed by atoms with Crippen molar-refractivity contribution >= 4 is 14.0 Å². The highest BCUT2D eigenvalue weighted by Gasteiger charge is 2.38.